The number of nitrogens with zero attached hydrogens (tertiary/aromatic N) is 1. The standard InChI is InChI=1S/C14H17NO2/c1-3-17-14(16)10-13-11(2)6-4-7-12(13)8-5-9-15/h4,6-7H,3,5,8,10H2,1-2H3. The molecular formula is C14H17NO2. The highest BCUT2D eigenvalue weighted by Gasteiger charge is 2.10. The number of ether oxygens (including phenoxy) is 1. The van der Waals surface area contributed by atoms with Crippen molar-refractivity contribution in [3.05, 3.63) is 34.9 Å². The summed E-state index contributed by atoms with van der Waals surface area (Å²) < 4.78 is 4.96. The second-order valence-electron chi connectivity index (χ2n) is 3.85. The van der Waals surface area contributed by atoms with Gasteiger partial charge in [-0.2, -0.15) is 5.26 Å². The third-order valence-corrected chi connectivity index (χ3v) is 2.64. The molecule has 0 aliphatic heterocycles. The molecule has 0 saturated carbocycles. The van der Waals surface area contributed by atoms with Crippen molar-refractivity contribution in [3.63, 3.8) is 0 Å². The minimum absolute atomic E-state index is 0.208. The van der Waals surface area contributed by atoms with E-state index >= 15 is 0 Å². The van der Waals surface area contributed by atoms with E-state index in [0.717, 1.165) is 16.7 Å². The Kier molecular flexibility index (Phi) is 5.22. The number of benzene rings is 1. The molecule has 0 unspecified atom stereocenters. The molecule has 1 aromatic carbocycles. The molecule has 0 aliphatic carbocycles. The molecule has 0 fully saturated rings. The van der Waals surface area contributed by atoms with Crippen LogP contribution in [0.5, 0.6) is 0 Å². The zero-order valence-corrected chi connectivity index (χ0v) is 10.3. The maximum Gasteiger partial charge on any atom is 0.310 e. The summed E-state index contributed by atoms with van der Waals surface area (Å²) in [5.74, 6) is -0.208. The van der Waals surface area contributed by atoms with Crippen molar-refractivity contribution in [2.24, 2.45) is 0 Å². The van der Waals surface area contributed by atoms with E-state index in [1.54, 1.807) is 6.92 Å². The Balaban J connectivity index is 2.87. The molecule has 0 spiro atoms. The predicted molar refractivity (Wildman–Crippen MR) is 65.5 cm³/mol. The van der Waals surface area contributed by atoms with Crippen LogP contribution in [0.4, 0.5) is 0 Å². The van der Waals surface area contributed by atoms with E-state index in [0.29, 0.717) is 25.9 Å². The van der Waals surface area contributed by atoms with Crippen molar-refractivity contribution in [1.82, 2.24) is 0 Å². The number of carbonyl (C=O) groups is 1. The molecule has 0 atom stereocenters. The van der Waals surface area contributed by atoms with Gasteiger partial charge in [0.05, 0.1) is 19.1 Å². The summed E-state index contributed by atoms with van der Waals surface area (Å²) in [6, 6.07) is 8.03. The van der Waals surface area contributed by atoms with Gasteiger partial charge in [-0.15, -0.1) is 0 Å². The second kappa shape index (κ2) is 6.70. The fraction of sp³-hybridized carbons (Fsp3) is 0.429. The van der Waals surface area contributed by atoms with Crippen LogP contribution in [0, 0.1) is 18.3 Å². The summed E-state index contributed by atoms with van der Waals surface area (Å²) in [7, 11) is 0. The third kappa shape index (κ3) is 3.92. The van der Waals surface area contributed by atoms with Crippen LogP contribution >= 0.6 is 0 Å². The monoisotopic (exact) mass is 231 g/mol. The fourth-order valence-electron chi connectivity index (χ4n) is 1.80. The van der Waals surface area contributed by atoms with Gasteiger partial charge in [0.2, 0.25) is 0 Å². The maximum atomic E-state index is 11.5. The van der Waals surface area contributed by atoms with Gasteiger partial charge in [0.25, 0.3) is 0 Å². The highest BCUT2D eigenvalue weighted by Crippen LogP contribution is 2.17. The molecule has 1 aromatic rings. The van der Waals surface area contributed by atoms with E-state index in [9.17, 15) is 4.79 Å². The van der Waals surface area contributed by atoms with Crippen molar-refractivity contribution in [2.75, 3.05) is 6.61 Å². The van der Waals surface area contributed by atoms with Gasteiger partial charge in [-0.25, -0.2) is 0 Å². The minimum Gasteiger partial charge on any atom is -0.466 e. The molecule has 0 aliphatic rings. The van der Waals surface area contributed by atoms with Gasteiger partial charge >= 0.3 is 5.97 Å². The second-order valence-corrected chi connectivity index (χ2v) is 3.85. The van der Waals surface area contributed by atoms with Crippen molar-refractivity contribution in [3.8, 4) is 6.07 Å². The molecule has 0 aromatic heterocycles. The smallest absolute Gasteiger partial charge is 0.310 e. The Labute approximate surface area is 102 Å². The number of rotatable bonds is 5. The summed E-state index contributed by atoms with van der Waals surface area (Å²) >= 11 is 0. The third-order valence-electron chi connectivity index (χ3n) is 2.64. The minimum atomic E-state index is -0.208. The zero-order valence-electron chi connectivity index (χ0n) is 10.3. The van der Waals surface area contributed by atoms with E-state index in [4.69, 9.17) is 10.00 Å². The van der Waals surface area contributed by atoms with Gasteiger partial charge in [-0.05, 0) is 37.0 Å². The maximum absolute atomic E-state index is 11.5. The summed E-state index contributed by atoms with van der Waals surface area (Å²) in [6.07, 6.45) is 1.45. The molecule has 0 bridgehead atoms. The molecule has 1 rings (SSSR count). The SMILES string of the molecule is CCOC(=O)Cc1c(C)cccc1CCC#N. The molecular weight excluding hydrogens is 214 g/mol. The van der Waals surface area contributed by atoms with Crippen molar-refractivity contribution < 1.29 is 9.53 Å². The average Bonchev–Trinajstić information content (AvgIpc) is 2.30. The first kappa shape index (κ1) is 13.2. The first-order valence-electron chi connectivity index (χ1n) is 5.79. The largest absolute Gasteiger partial charge is 0.466 e. The van der Waals surface area contributed by atoms with Crippen LogP contribution in [-0.2, 0) is 22.4 Å². The van der Waals surface area contributed by atoms with Gasteiger partial charge in [0.1, 0.15) is 0 Å². The molecule has 0 amide bonds. The lowest BCUT2D eigenvalue weighted by molar-refractivity contribution is -0.142. The topological polar surface area (TPSA) is 50.1 Å². The molecule has 90 valence electrons. The normalized spacial score (nSPS) is 9.71. The van der Waals surface area contributed by atoms with Crippen LogP contribution in [0.1, 0.15) is 30.0 Å². The van der Waals surface area contributed by atoms with Crippen LogP contribution in [-0.4, -0.2) is 12.6 Å². The van der Waals surface area contributed by atoms with Crippen molar-refractivity contribution >= 4 is 5.97 Å². The van der Waals surface area contributed by atoms with Gasteiger partial charge in [0, 0.05) is 6.42 Å². The van der Waals surface area contributed by atoms with Gasteiger partial charge < -0.3 is 4.74 Å². The molecule has 0 saturated heterocycles. The summed E-state index contributed by atoms with van der Waals surface area (Å²) in [6.45, 7) is 4.18. The lowest BCUT2D eigenvalue weighted by atomic mass is 9.96. The summed E-state index contributed by atoms with van der Waals surface area (Å²) in [5, 5.41) is 8.61. The quantitative estimate of drug-likeness (QED) is 0.732. The van der Waals surface area contributed by atoms with Crippen molar-refractivity contribution in [2.45, 2.75) is 33.1 Å². The number of hydrogen-bond donors (Lipinski definition) is 0. The average molecular weight is 231 g/mol. The first-order valence-corrected chi connectivity index (χ1v) is 5.79. The number of nitriles is 1. The number of carbonyl (C=O) groups excluding carboxylic acids is 1. The van der Waals surface area contributed by atoms with Crippen LogP contribution in [0.3, 0.4) is 0 Å². The Morgan fingerprint density at radius 1 is 1.47 bits per heavy atom. The molecule has 17 heavy (non-hydrogen) atoms. The van der Waals surface area contributed by atoms with Crippen LogP contribution in [0.25, 0.3) is 0 Å². The van der Waals surface area contributed by atoms with Gasteiger partial charge in [0.15, 0.2) is 0 Å². The Bertz CT molecular complexity index is 432. The molecule has 3 nitrogen and oxygen atoms in total. The lowest BCUT2D eigenvalue weighted by Crippen LogP contribution is -2.10. The Morgan fingerprint density at radius 3 is 2.88 bits per heavy atom. The number of esters is 1. The molecule has 0 heterocycles. The molecule has 3 heteroatoms. The predicted octanol–water partition coefficient (Wildman–Crippen LogP) is 2.56. The Hall–Kier alpha value is -1.82. The number of hydrogen-bond acceptors (Lipinski definition) is 3. The zero-order chi connectivity index (χ0) is 12.7. The van der Waals surface area contributed by atoms with Crippen LogP contribution < -0.4 is 0 Å². The van der Waals surface area contributed by atoms with E-state index in [2.05, 4.69) is 6.07 Å². The van der Waals surface area contributed by atoms with E-state index in [-0.39, 0.29) is 5.97 Å². The fourth-order valence-corrected chi connectivity index (χ4v) is 1.80. The van der Waals surface area contributed by atoms with Gasteiger partial charge in [-0.1, -0.05) is 18.2 Å². The van der Waals surface area contributed by atoms with Crippen molar-refractivity contribution in [1.29, 1.82) is 5.26 Å². The van der Waals surface area contributed by atoms with Crippen LogP contribution in [0.15, 0.2) is 18.2 Å². The lowest BCUT2D eigenvalue weighted by Gasteiger charge is -2.11. The first-order chi connectivity index (χ1) is 8.19. The number of aryl methyl sites for hydroxylation is 2. The molecule has 0 N–H and O–H groups in total. The molecule has 0 radical (unpaired) electrons. The highest BCUT2D eigenvalue weighted by atomic mass is 16.5. The summed E-state index contributed by atoms with van der Waals surface area (Å²) in [5.41, 5.74) is 3.15. The Morgan fingerprint density at radius 2 is 2.24 bits per heavy atom. The highest BCUT2D eigenvalue weighted by molar-refractivity contribution is 5.73. The van der Waals surface area contributed by atoms with E-state index in [1.165, 1.54) is 0 Å². The van der Waals surface area contributed by atoms with E-state index in [1.807, 2.05) is 25.1 Å². The van der Waals surface area contributed by atoms with E-state index < -0.39 is 0 Å². The van der Waals surface area contributed by atoms with Gasteiger partial charge in [-0.3, -0.25) is 4.79 Å². The summed E-state index contributed by atoms with van der Waals surface area (Å²) in [4.78, 5) is 11.5. The van der Waals surface area contributed by atoms with Crippen LogP contribution in [0.2, 0.25) is 0 Å².